The van der Waals surface area contributed by atoms with Gasteiger partial charge in [-0.3, -0.25) is 0 Å². The Morgan fingerprint density at radius 2 is 1.82 bits per heavy atom. The third-order valence-corrected chi connectivity index (χ3v) is 3.30. The zero-order valence-electron chi connectivity index (χ0n) is 11.3. The van der Waals surface area contributed by atoms with Gasteiger partial charge in [-0.1, -0.05) is 37.6 Å². The Morgan fingerprint density at radius 1 is 1.12 bits per heavy atom. The molecule has 0 bridgehead atoms. The second-order valence-corrected chi connectivity index (χ2v) is 5.75. The largest absolute Gasteiger partial charge is 0.308 e. The van der Waals surface area contributed by atoms with Crippen molar-refractivity contribution in [3.05, 3.63) is 34.9 Å². The summed E-state index contributed by atoms with van der Waals surface area (Å²) in [5.74, 6) is 0.778. The van der Waals surface area contributed by atoms with Crippen LogP contribution in [0.2, 0.25) is 5.02 Å². The molecule has 0 aromatic heterocycles. The van der Waals surface area contributed by atoms with Gasteiger partial charge in [0.05, 0.1) is 0 Å². The molecule has 1 N–H and O–H groups in total. The van der Waals surface area contributed by atoms with Crippen LogP contribution in [0.3, 0.4) is 0 Å². The van der Waals surface area contributed by atoms with Crippen molar-refractivity contribution >= 4 is 11.6 Å². The van der Waals surface area contributed by atoms with Crippen LogP contribution in [0.1, 0.15) is 52.1 Å². The summed E-state index contributed by atoms with van der Waals surface area (Å²) >= 11 is 6.00. The molecule has 0 heterocycles. The van der Waals surface area contributed by atoms with Crippen molar-refractivity contribution in [2.45, 2.75) is 52.6 Å². The van der Waals surface area contributed by atoms with E-state index in [9.17, 15) is 0 Å². The van der Waals surface area contributed by atoms with E-state index in [1.807, 2.05) is 18.2 Å². The highest BCUT2D eigenvalue weighted by Gasteiger charge is 2.10. The van der Waals surface area contributed by atoms with E-state index in [0.717, 1.165) is 10.9 Å². The molecule has 0 fully saturated rings. The molecule has 2 heteroatoms. The van der Waals surface area contributed by atoms with Crippen LogP contribution >= 0.6 is 11.6 Å². The van der Waals surface area contributed by atoms with Gasteiger partial charge < -0.3 is 5.32 Å². The Hall–Kier alpha value is -0.530. The van der Waals surface area contributed by atoms with Crippen molar-refractivity contribution in [1.82, 2.24) is 5.32 Å². The number of hydrogen-bond acceptors (Lipinski definition) is 1. The maximum absolute atomic E-state index is 6.00. The van der Waals surface area contributed by atoms with E-state index in [1.165, 1.54) is 18.4 Å². The number of rotatable bonds is 6. The van der Waals surface area contributed by atoms with Crippen LogP contribution in [0.4, 0.5) is 0 Å². The second-order valence-electron chi connectivity index (χ2n) is 5.32. The Kier molecular flexibility index (Phi) is 6.01. The molecule has 0 spiro atoms. The monoisotopic (exact) mass is 253 g/mol. The average Bonchev–Trinajstić information content (AvgIpc) is 2.26. The van der Waals surface area contributed by atoms with Gasteiger partial charge in [0.2, 0.25) is 0 Å². The lowest BCUT2D eigenvalue weighted by molar-refractivity contribution is 0.417. The first kappa shape index (κ1) is 14.5. The van der Waals surface area contributed by atoms with Crippen LogP contribution in [-0.4, -0.2) is 6.04 Å². The molecule has 1 nitrogen and oxygen atoms in total. The summed E-state index contributed by atoms with van der Waals surface area (Å²) in [5.41, 5.74) is 1.26. The van der Waals surface area contributed by atoms with Gasteiger partial charge in [0.1, 0.15) is 0 Å². The van der Waals surface area contributed by atoms with Gasteiger partial charge in [-0.25, -0.2) is 0 Å². The molecule has 17 heavy (non-hydrogen) atoms. The molecule has 0 amide bonds. The topological polar surface area (TPSA) is 12.0 Å². The molecule has 1 unspecified atom stereocenters. The molecular weight excluding hydrogens is 230 g/mol. The SMILES string of the molecule is CC(C)CCC(C)N[C@@H](C)c1cccc(Cl)c1. The minimum atomic E-state index is 0.357. The van der Waals surface area contributed by atoms with Gasteiger partial charge in [-0.15, -0.1) is 0 Å². The predicted molar refractivity (Wildman–Crippen MR) is 76.5 cm³/mol. The van der Waals surface area contributed by atoms with Crippen LogP contribution < -0.4 is 5.32 Å². The van der Waals surface area contributed by atoms with Crippen molar-refractivity contribution in [2.24, 2.45) is 5.92 Å². The summed E-state index contributed by atoms with van der Waals surface area (Å²) in [7, 11) is 0. The lowest BCUT2D eigenvalue weighted by atomic mass is 10.0. The summed E-state index contributed by atoms with van der Waals surface area (Å²) in [6.07, 6.45) is 2.50. The van der Waals surface area contributed by atoms with Crippen LogP contribution in [0.25, 0.3) is 0 Å². The van der Waals surface area contributed by atoms with E-state index in [4.69, 9.17) is 11.6 Å². The van der Waals surface area contributed by atoms with Crippen LogP contribution in [0, 0.1) is 5.92 Å². The Balaban J connectivity index is 2.45. The van der Waals surface area contributed by atoms with Gasteiger partial charge in [-0.05, 0) is 50.3 Å². The standard InChI is InChI=1S/C15H24ClN/c1-11(2)8-9-12(3)17-13(4)14-6-5-7-15(16)10-14/h5-7,10-13,17H,8-9H2,1-4H3/t12?,13-/m0/s1. The summed E-state index contributed by atoms with van der Waals surface area (Å²) in [6, 6.07) is 8.99. The van der Waals surface area contributed by atoms with Crippen molar-refractivity contribution in [3.8, 4) is 0 Å². The Labute approximate surface area is 111 Å². The molecule has 0 radical (unpaired) electrons. The molecular formula is C15H24ClN. The number of benzene rings is 1. The zero-order valence-corrected chi connectivity index (χ0v) is 12.1. The molecule has 96 valence electrons. The highest BCUT2D eigenvalue weighted by molar-refractivity contribution is 6.30. The van der Waals surface area contributed by atoms with Gasteiger partial charge in [0, 0.05) is 17.1 Å². The number of hydrogen-bond donors (Lipinski definition) is 1. The van der Waals surface area contributed by atoms with Crippen molar-refractivity contribution in [3.63, 3.8) is 0 Å². The Morgan fingerprint density at radius 3 is 2.41 bits per heavy atom. The molecule has 0 saturated heterocycles. The lowest BCUT2D eigenvalue weighted by Crippen LogP contribution is -2.29. The second kappa shape index (κ2) is 7.03. The number of halogens is 1. The van der Waals surface area contributed by atoms with Crippen LogP contribution in [0.5, 0.6) is 0 Å². The zero-order chi connectivity index (χ0) is 12.8. The molecule has 1 aromatic carbocycles. The fraction of sp³-hybridized carbons (Fsp3) is 0.600. The van der Waals surface area contributed by atoms with E-state index in [0.29, 0.717) is 12.1 Å². The molecule has 1 aromatic rings. The van der Waals surface area contributed by atoms with Crippen molar-refractivity contribution in [1.29, 1.82) is 0 Å². The van der Waals surface area contributed by atoms with E-state index >= 15 is 0 Å². The van der Waals surface area contributed by atoms with E-state index in [1.54, 1.807) is 0 Å². The summed E-state index contributed by atoms with van der Waals surface area (Å²) < 4.78 is 0. The molecule has 2 atom stereocenters. The lowest BCUT2D eigenvalue weighted by Gasteiger charge is -2.21. The molecule has 0 aliphatic rings. The smallest absolute Gasteiger partial charge is 0.0409 e. The fourth-order valence-corrected chi connectivity index (χ4v) is 2.16. The predicted octanol–water partition coefficient (Wildman–Crippen LogP) is 4.82. The summed E-state index contributed by atoms with van der Waals surface area (Å²) in [4.78, 5) is 0. The quantitative estimate of drug-likeness (QED) is 0.767. The third-order valence-electron chi connectivity index (χ3n) is 3.06. The first-order valence-corrected chi connectivity index (χ1v) is 6.88. The summed E-state index contributed by atoms with van der Waals surface area (Å²) in [6.45, 7) is 8.99. The molecule has 0 aliphatic carbocycles. The molecule has 0 saturated carbocycles. The van der Waals surface area contributed by atoms with Crippen LogP contribution in [-0.2, 0) is 0 Å². The highest BCUT2D eigenvalue weighted by Crippen LogP contribution is 2.18. The molecule has 0 aliphatic heterocycles. The first-order valence-electron chi connectivity index (χ1n) is 6.50. The minimum Gasteiger partial charge on any atom is -0.308 e. The average molecular weight is 254 g/mol. The highest BCUT2D eigenvalue weighted by atomic mass is 35.5. The maximum atomic E-state index is 6.00. The molecule has 1 rings (SSSR count). The van der Waals surface area contributed by atoms with Gasteiger partial charge in [-0.2, -0.15) is 0 Å². The summed E-state index contributed by atoms with van der Waals surface area (Å²) in [5, 5.41) is 4.43. The van der Waals surface area contributed by atoms with Gasteiger partial charge in [0.15, 0.2) is 0 Å². The van der Waals surface area contributed by atoms with E-state index < -0.39 is 0 Å². The van der Waals surface area contributed by atoms with Gasteiger partial charge in [0.25, 0.3) is 0 Å². The van der Waals surface area contributed by atoms with Gasteiger partial charge >= 0.3 is 0 Å². The van der Waals surface area contributed by atoms with Crippen molar-refractivity contribution in [2.75, 3.05) is 0 Å². The maximum Gasteiger partial charge on any atom is 0.0409 e. The fourth-order valence-electron chi connectivity index (χ4n) is 1.97. The van der Waals surface area contributed by atoms with E-state index in [-0.39, 0.29) is 0 Å². The van der Waals surface area contributed by atoms with E-state index in [2.05, 4.69) is 39.1 Å². The Bertz CT molecular complexity index is 335. The minimum absolute atomic E-state index is 0.357. The normalized spacial score (nSPS) is 14.9. The number of nitrogens with one attached hydrogen (secondary N) is 1. The third kappa shape index (κ3) is 5.56. The van der Waals surface area contributed by atoms with Crippen molar-refractivity contribution < 1.29 is 0 Å². The van der Waals surface area contributed by atoms with Crippen LogP contribution in [0.15, 0.2) is 24.3 Å². The first-order chi connectivity index (χ1) is 7.99.